The molecule has 2 N–H and O–H groups in total. The molecule has 1 fully saturated rings. The number of rotatable bonds is 5. The second-order valence-electron chi connectivity index (χ2n) is 7.65. The van der Waals surface area contributed by atoms with Crippen LogP contribution in [0.5, 0.6) is 0 Å². The summed E-state index contributed by atoms with van der Waals surface area (Å²) in [6.45, 7) is 1.93. The predicted molar refractivity (Wildman–Crippen MR) is 112 cm³/mol. The summed E-state index contributed by atoms with van der Waals surface area (Å²) < 4.78 is 1.69. The zero-order valence-corrected chi connectivity index (χ0v) is 16.6. The molecule has 0 spiro atoms. The average molecular weight is 390 g/mol. The highest BCUT2D eigenvalue weighted by atomic mass is 16.2. The normalized spacial score (nSPS) is 15.8. The lowest BCUT2D eigenvalue weighted by Gasteiger charge is -2.22. The summed E-state index contributed by atoms with van der Waals surface area (Å²) in [5, 5.41) is 6.08. The Bertz CT molecular complexity index is 1010. The molecular formula is C23H26N4O2. The van der Waals surface area contributed by atoms with Crippen LogP contribution in [-0.2, 0) is 0 Å². The number of benzene rings is 1. The molecule has 0 radical (unpaired) electrons. The van der Waals surface area contributed by atoms with Crippen molar-refractivity contribution in [2.75, 3.05) is 0 Å². The van der Waals surface area contributed by atoms with Gasteiger partial charge in [0.1, 0.15) is 0 Å². The van der Waals surface area contributed by atoms with Crippen molar-refractivity contribution in [1.29, 1.82) is 0 Å². The Kier molecular flexibility index (Phi) is 5.60. The molecule has 6 heteroatoms. The fourth-order valence-electron chi connectivity index (χ4n) is 3.95. The van der Waals surface area contributed by atoms with E-state index in [2.05, 4.69) is 15.6 Å². The highest BCUT2D eigenvalue weighted by Crippen LogP contribution is 2.19. The van der Waals surface area contributed by atoms with E-state index in [1.165, 1.54) is 6.42 Å². The Morgan fingerprint density at radius 3 is 2.48 bits per heavy atom. The number of fused-ring (bicyclic) bond motifs is 1. The molecule has 4 rings (SSSR count). The van der Waals surface area contributed by atoms with Crippen LogP contribution in [0.2, 0.25) is 0 Å². The summed E-state index contributed by atoms with van der Waals surface area (Å²) in [6.07, 6.45) is 7.27. The van der Waals surface area contributed by atoms with Gasteiger partial charge in [0, 0.05) is 12.2 Å². The molecule has 29 heavy (non-hydrogen) atoms. The number of hydrogen-bond donors (Lipinski definition) is 2. The number of imidazole rings is 1. The van der Waals surface area contributed by atoms with E-state index in [-0.39, 0.29) is 35.4 Å². The van der Waals surface area contributed by atoms with Crippen LogP contribution in [0.3, 0.4) is 0 Å². The molecule has 0 saturated heterocycles. The van der Waals surface area contributed by atoms with Crippen LogP contribution in [0.15, 0.2) is 54.7 Å². The van der Waals surface area contributed by atoms with Crippen molar-refractivity contribution in [3.63, 3.8) is 0 Å². The van der Waals surface area contributed by atoms with Gasteiger partial charge in [-0.15, -0.1) is 0 Å². The third-order valence-corrected chi connectivity index (χ3v) is 5.55. The fourth-order valence-corrected chi connectivity index (χ4v) is 3.95. The molecular weight excluding hydrogens is 364 g/mol. The van der Waals surface area contributed by atoms with E-state index in [0.29, 0.717) is 5.52 Å². The first-order valence-electron chi connectivity index (χ1n) is 10.3. The Balaban J connectivity index is 1.58. The molecule has 1 atom stereocenters. The van der Waals surface area contributed by atoms with Crippen molar-refractivity contribution in [1.82, 2.24) is 20.0 Å². The van der Waals surface area contributed by atoms with Gasteiger partial charge in [-0.2, -0.15) is 0 Å². The van der Waals surface area contributed by atoms with E-state index in [0.717, 1.165) is 31.2 Å². The van der Waals surface area contributed by atoms with Gasteiger partial charge in [-0.25, -0.2) is 4.98 Å². The Morgan fingerprint density at radius 1 is 1.00 bits per heavy atom. The summed E-state index contributed by atoms with van der Waals surface area (Å²) in [5.74, 6) is -0.265. The number of hydrogen-bond acceptors (Lipinski definition) is 3. The van der Waals surface area contributed by atoms with E-state index in [1.54, 1.807) is 10.6 Å². The second-order valence-corrected chi connectivity index (χ2v) is 7.65. The molecule has 0 aliphatic heterocycles. The van der Waals surface area contributed by atoms with Gasteiger partial charge in [0.2, 0.25) is 5.82 Å². The summed E-state index contributed by atoms with van der Waals surface area (Å²) in [5.41, 5.74) is 1.90. The average Bonchev–Trinajstić information content (AvgIpc) is 3.15. The first-order chi connectivity index (χ1) is 14.1. The van der Waals surface area contributed by atoms with Gasteiger partial charge in [0.25, 0.3) is 11.8 Å². The minimum absolute atomic E-state index is 0.163. The molecule has 1 aliphatic carbocycles. The third-order valence-electron chi connectivity index (χ3n) is 5.55. The maximum absolute atomic E-state index is 12.9. The molecule has 2 amide bonds. The topological polar surface area (TPSA) is 75.5 Å². The number of nitrogens with zero attached hydrogens (tertiary/aromatic N) is 2. The largest absolute Gasteiger partial charge is 0.347 e. The summed E-state index contributed by atoms with van der Waals surface area (Å²) in [4.78, 5) is 30.3. The van der Waals surface area contributed by atoms with Crippen molar-refractivity contribution in [3.8, 4) is 0 Å². The van der Waals surface area contributed by atoms with Gasteiger partial charge >= 0.3 is 0 Å². The molecule has 150 valence electrons. The quantitative estimate of drug-likeness (QED) is 0.694. The number of pyridine rings is 1. The minimum atomic E-state index is -0.290. The Labute approximate surface area is 170 Å². The summed E-state index contributed by atoms with van der Waals surface area (Å²) in [6, 6.07) is 15.3. The van der Waals surface area contributed by atoms with Crippen LogP contribution in [-0.4, -0.2) is 27.2 Å². The van der Waals surface area contributed by atoms with E-state index in [1.807, 2.05) is 55.5 Å². The van der Waals surface area contributed by atoms with Gasteiger partial charge in [-0.1, -0.05) is 55.7 Å². The minimum Gasteiger partial charge on any atom is -0.347 e. The van der Waals surface area contributed by atoms with Crippen molar-refractivity contribution in [2.24, 2.45) is 0 Å². The molecule has 6 nitrogen and oxygen atoms in total. The van der Waals surface area contributed by atoms with Crippen LogP contribution in [0.1, 0.15) is 71.7 Å². The molecule has 1 aromatic carbocycles. The number of carbonyl (C=O) groups is 2. The van der Waals surface area contributed by atoms with Gasteiger partial charge in [0.05, 0.1) is 11.6 Å². The SMILES string of the molecule is CC(NC(=O)c1nc(C(=O)NC2CCCCC2)n2ccccc12)c1ccccc1. The lowest BCUT2D eigenvalue weighted by atomic mass is 9.95. The Hall–Kier alpha value is -3.15. The maximum atomic E-state index is 12.9. The molecule has 3 aromatic rings. The van der Waals surface area contributed by atoms with E-state index in [9.17, 15) is 9.59 Å². The van der Waals surface area contributed by atoms with Crippen molar-refractivity contribution >= 4 is 17.3 Å². The highest BCUT2D eigenvalue weighted by Gasteiger charge is 2.24. The van der Waals surface area contributed by atoms with Crippen LogP contribution < -0.4 is 10.6 Å². The van der Waals surface area contributed by atoms with E-state index < -0.39 is 0 Å². The molecule has 1 unspecified atom stereocenters. The van der Waals surface area contributed by atoms with E-state index in [4.69, 9.17) is 0 Å². The number of carbonyl (C=O) groups excluding carboxylic acids is 2. The molecule has 2 aromatic heterocycles. The molecule has 1 aliphatic rings. The van der Waals surface area contributed by atoms with Crippen LogP contribution in [0, 0.1) is 0 Å². The fraction of sp³-hybridized carbons (Fsp3) is 0.348. The summed E-state index contributed by atoms with van der Waals surface area (Å²) >= 11 is 0. The van der Waals surface area contributed by atoms with Crippen LogP contribution in [0.25, 0.3) is 5.52 Å². The van der Waals surface area contributed by atoms with E-state index >= 15 is 0 Å². The maximum Gasteiger partial charge on any atom is 0.287 e. The predicted octanol–water partition coefficient (Wildman–Crippen LogP) is 3.89. The monoisotopic (exact) mass is 390 g/mol. The van der Waals surface area contributed by atoms with Crippen molar-refractivity contribution < 1.29 is 9.59 Å². The smallest absolute Gasteiger partial charge is 0.287 e. The van der Waals surface area contributed by atoms with Crippen molar-refractivity contribution in [3.05, 3.63) is 71.8 Å². The van der Waals surface area contributed by atoms with Crippen LogP contribution >= 0.6 is 0 Å². The van der Waals surface area contributed by atoms with Gasteiger partial charge in [-0.05, 0) is 37.5 Å². The third kappa shape index (κ3) is 4.16. The second kappa shape index (κ2) is 8.47. The number of nitrogens with one attached hydrogen (secondary N) is 2. The number of aromatic nitrogens is 2. The first-order valence-corrected chi connectivity index (χ1v) is 10.3. The van der Waals surface area contributed by atoms with Crippen LogP contribution in [0.4, 0.5) is 0 Å². The molecule has 0 bridgehead atoms. The first kappa shape index (κ1) is 19.2. The number of amides is 2. The molecule has 2 heterocycles. The lowest BCUT2D eigenvalue weighted by Crippen LogP contribution is -2.37. The zero-order valence-electron chi connectivity index (χ0n) is 16.6. The standard InChI is InChI=1S/C23H26N4O2/c1-16(17-10-4-2-5-11-17)24-22(28)20-19-14-8-9-15-27(19)21(26-20)23(29)25-18-12-6-3-7-13-18/h2,4-5,8-11,14-16,18H,3,6-7,12-13H2,1H3,(H,24,28)(H,25,29). The lowest BCUT2D eigenvalue weighted by molar-refractivity contribution is 0.0916. The Morgan fingerprint density at radius 2 is 1.72 bits per heavy atom. The van der Waals surface area contributed by atoms with Gasteiger partial charge in [0.15, 0.2) is 5.69 Å². The molecule has 1 saturated carbocycles. The van der Waals surface area contributed by atoms with Gasteiger partial charge in [-0.3, -0.25) is 14.0 Å². The van der Waals surface area contributed by atoms with Crippen molar-refractivity contribution in [2.45, 2.75) is 51.1 Å². The summed E-state index contributed by atoms with van der Waals surface area (Å²) in [7, 11) is 0. The van der Waals surface area contributed by atoms with Gasteiger partial charge < -0.3 is 10.6 Å². The zero-order chi connectivity index (χ0) is 20.2. The highest BCUT2D eigenvalue weighted by molar-refractivity contribution is 6.02.